The first-order valence-electron chi connectivity index (χ1n) is 9.15. The number of aryl methyl sites for hydroxylation is 1. The van der Waals surface area contributed by atoms with E-state index in [9.17, 15) is 4.79 Å². The number of amides is 1. The van der Waals surface area contributed by atoms with E-state index >= 15 is 0 Å². The lowest BCUT2D eigenvalue weighted by molar-refractivity contribution is -0.135. The predicted molar refractivity (Wildman–Crippen MR) is 101 cm³/mol. The lowest BCUT2D eigenvalue weighted by Crippen LogP contribution is -2.64. The van der Waals surface area contributed by atoms with Crippen LogP contribution in [0.1, 0.15) is 25.3 Å². The zero-order valence-corrected chi connectivity index (χ0v) is 15.0. The fraction of sp³-hybridized carbons (Fsp3) is 0.381. The Morgan fingerprint density at radius 1 is 1.15 bits per heavy atom. The number of nitrogens with one attached hydrogen (secondary N) is 1. The summed E-state index contributed by atoms with van der Waals surface area (Å²) < 4.78 is 10.7. The van der Waals surface area contributed by atoms with Crippen LogP contribution in [-0.2, 0) is 11.2 Å². The first-order valence-corrected chi connectivity index (χ1v) is 9.15. The van der Waals surface area contributed by atoms with Gasteiger partial charge in [-0.1, -0.05) is 30.3 Å². The second-order valence-corrected chi connectivity index (χ2v) is 7.12. The predicted octanol–water partition coefficient (Wildman–Crippen LogP) is 3.45. The van der Waals surface area contributed by atoms with E-state index in [1.54, 1.807) is 0 Å². The smallest absolute Gasteiger partial charge is 0.244 e. The minimum atomic E-state index is -0.437. The van der Waals surface area contributed by atoms with E-state index in [1.807, 2.05) is 31.2 Å². The molecule has 4 rings (SSSR count). The van der Waals surface area contributed by atoms with E-state index in [1.165, 1.54) is 5.56 Å². The molecule has 0 aliphatic carbocycles. The summed E-state index contributed by atoms with van der Waals surface area (Å²) in [7, 11) is 0. The molecule has 2 aromatic rings. The molecule has 1 N–H and O–H groups in total. The van der Waals surface area contributed by atoms with Crippen molar-refractivity contribution in [1.29, 1.82) is 0 Å². The lowest BCUT2D eigenvalue weighted by atomic mass is 9.85. The van der Waals surface area contributed by atoms with Crippen molar-refractivity contribution in [3.63, 3.8) is 0 Å². The highest BCUT2D eigenvalue weighted by atomic mass is 16.7. The number of fused-ring (bicyclic) bond motifs is 1. The van der Waals surface area contributed by atoms with Gasteiger partial charge in [-0.2, -0.15) is 0 Å². The van der Waals surface area contributed by atoms with Crippen LogP contribution in [0.3, 0.4) is 0 Å². The Morgan fingerprint density at radius 2 is 1.96 bits per heavy atom. The first kappa shape index (κ1) is 16.9. The molecule has 0 spiro atoms. The normalized spacial score (nSPS) is 21.3. The van der Waals surface area contributed by atoms with Crippen LogP contribution in [0.15, 0.2) is 48.5 Å². The first-order chi connectivity index (χ1) is 12.6. The Labute approximate surface area is 153 Å². The molecule has 0 aromatic heterocycles. The quantitative estimate of drug-likeness (QED) is 0.865. The number of rotatable bonds is 6. The molecule has 1 saturated heterocycles. The molecule has 1 atom stereocenters. The number of hydrogen-bond acceptors (Lipinski definition) is 4. The van der Waals surface area contributed by atoms with E-state index in [2.05, 4.69) is 34.5 Å². The van der Waals surface area contributed by atoms with Gasteiger partial charge in [0.2, 0.25) is 12.7 Å². The Bertz CT molecular complexity index is 793. The van der Waals surface area contributed by atoms with Gasteiger partial charge in [-0.15, -0.1) is 0 Å². The topological polar surface area (TPSA) is 50.8 Å². The second-order valence-electron chi connectivity index (χ2n) is 7.12. The van der Waals surface area contributed by atoms with Crippen LogP contribution in [-0.4, -0.2) is 36.2 Å². The van der Waals surface area contributed by atoms with Crippen LogP contribution in [0.4, 0.5) is 5.69 Å². The number of ether oxygens (including phenoxy) is 2. The average molecular weight is 352 g/mol. The van der Waals surface area contributed by atoms with Crippen LogP contribution >= 0.6 is 0 Å². The second kappa shape index (κ2) is 7.00. The van der Waals surface area contributed by atoms with Gasteiger partial charge in [-0.05, 0) is 50.4 Å². The average Bonchev–Trinajstić information content (AvgIpc) is 3.12. The summed E-state index contributed by atoms with van der Waals surface area (Å²) in [6.45, 7) is 4.17. The Kier molecular flexibility index (Phi) is 4.55. The fourth-order valence-electron chi connectivity index (χ4n) is 3.58. The molecule has 0 radical (unpaired) electrons. The molecule has 136 valence electrons. The molecular weight excluding hydrogens is 328 g/mol. The number of hydrogen-bond donors (Lipinski definition) is 1. The van der Waals surface area contributed by atoms with Gasteiger partial charge in [-0.3, -0.25) is 9.69 Å². The standard InChI is InChI=1S/C21H24N2O3/c1-21(11-13-23(21)12-5-8-16-6-3-2-4-7-16)20(24)22-17-9-10-18-19(14-17)26-15-25-18/h2-4,6-7,9-10,14H,5,8,11-13,15H2,1H3,(H,22,24). The molecule has 2 aliphatic heterocycles. The largest absolute Gasteiger partial charge is 0.454 e. The van der Waals surface area contributed by atoms with Crippen LogP contribution < -0.4 is 14.8 Å². The van der Waals surface area contributed by atoms with Crippen LogP contribution in [0.5, 0.6) is 11.5 Å². The number of likely N-dealkylation sites (tertiary alicyclic amines) is 1. The SMILES string of the molecule is CC1(C(=O)Nc2ccc3c(c2)OCO3)CCN1CCCc1ccccc1. The molecule has 26 heavy (non-hydrogen) atoms. The van der Waals surface area contributed by atoms with E-state index in [0.717, 1.165) is 43.8 Å². The van der Waals surface area contributed by atoms with Gasteiger partial charge < -0.3 is 14.8 Å². The number of anilines is 1. The Balaban J connectivity index is 1.33. The van der Waals surface area contributed by atoms with Crippen molar-refractivity contribution in [2.45, 2.75) is 31.7 Å². The Hall–Kier alpha value is -2.53. The van der Waals surface area contributed by atoms with Gasteiger partial charge in [0, 0.05) is 18.3 Å². The molecule has 2 aliphatic rings. The molecule has 1 fully saturated rings. The van der Waals surface area contributed by atoms with Crippen molar-refractivity contribution < 1.29 is 14.3 Å². The van der Waals surface area contributed by atoms with Crippen molar-refractivity contribution >= 4 is 11.6 Å². The van der Waals surface area contributed by atoms with Gasteiger partial charge in [0.25, 0.3) is 0 Å². The van der Waals surface area contributed by atoms with Crippen LogP contribution in [0.2, 0.25) is 0 Å². The number of benzene rings is 2. The van der Waals surface area contributed by atoms with Gasteiger partial charge in [0.05, 0.1) is 5.54 Å². The van der Waals surface area contributed by atoms with Crippen molar-refractivity contribution in [1.82, 2.24) is 4.90 Å². The van der Waals surface area contributed by atoms with E-state index < -0.39 is 5.54 Å². The summed E-state index contributed by atoms with van der Waals surface area (Å²) in [5.41, 5.74) is 1.66. The van der Waals surface area contributed by atoms with Crippen LogP contribution in [0.25, 0.3) is 0 Å². The number of nitrogens with zero attached hydrogens (tertiary/aromatic N) is 1. The highest BCUT2D eigenvalue weighted by Crippen LogP contribution is 2.36. The van der Waals surface area contributed by atoms with Crippen molar-refractivity contribution in [2.24, 2.45) is 0 Å². The molecule has 0 bridgehead atoms. The van der Waals surface area contributed by atoms with E-state index in [0.29, 0.717) is 5.75 Å². The van der Waals surface area contributed by atoms with Crippen molar-refractivity contribution in [3.05, 3.63) is 54.1 Å². The molecule has 1 amide bonds. The zero-order chi connectivity index (χ0) is 18.0. The molecular formula is C21H24N2O3. The Morgan fingerprint density at radius 3 is 2.73 bits per heavy atom. The maximum Gasteiger partial charge on any atom is 0.244 e. The van der Waals surface area contributed by atoms with Gasteiger partial charge in [0.1, 0.15) is 0 Å². The highest BCUT2D eigenvalue weighted by Gasteiger charge is 2.46. The van der Waals surface area contributed by atoms with Crippen molar-refractivity contribution in [2.75, 3.05) is 25.2 Å². The number of carbonyl (C=O) groups excluding carboxylic acids is 1. The minimum absolute atomic E-state index is 0.0438. The maximum absolute atomic E-state index is 12.8. The summed E-state index contributed by atoms with van der Waals surface area (Å²) in [4.78, 5) is 15.1. The third kappa shape index (κ3) is 3.27. The molecule has 0 saturated carbocycles. The van der Waals surface area contributed by atoms with Gasteiger partial charge in [-0.25, -0.2) is 0 Å². The monoisotopic (exact) mass is 352 g/mol. The molecule has 5 nitrogen and oxygen atoms in total. The summed E-state index contributed by atoms with van der Waals surface area (Å²) >= 11 is 0. The van der Waals surface area contributed by atoms with Gasteiger partial charge in [0.15, 0.2) is 11.5 Å². The molecule has 1 unspecified atom stereocenters. The van der Waals surface area contributed by atoms with E-state index in [4.69, 9.17) is 9.47 Å². The minimum Gasteiger partial charge on any atom is -0.454 e. The highest BCUT2D eigenvalue weighted by molar-refractivity contribution is 5.98. The van der Waals surface area contributed by atoms with E-state index in [-0.39, 0.29) is 12.7 Å². The fourth-order valence-corrected chi connectivity index (χ4v) is 3.58. The molecule has 2 heterocycles. The zero-order valence-electron chi connectivity index (χ0n) is 15.0. The third-order valence-electron chi connectivity index (χ3n) is 5.42. The van der Waals surface area contributed by atoms with Crippen LogP contribution in [0, 0.1) is 0 Å². The molecule has 2 aromatic carbocycles. The number of carbonyl (C=O) groups is 1. The summed E-state index contributed by atoms with van der Waals surface area (Å²) in [5.74, 6) is 1.45. The third-order valence-corrected chi connectivity index (χ3v) is 5.42. The van der Waals surface area contributed by atoms with Gasteiger partial charge >= 0.3 is 0 Å². The molecule has 5 heteroatoms. The lowest BCUT2D eigenvalue weighted by Gasteiger charge is -2.49. The summed E-state index contributed by atoms with van der Waals surface area (Å²) in [6.07, 6.45) is 2.98. The summed E-state index contributed by atoms with van der Waals surface area (Å²) in [5, 5.41) is 3.04. The maximum atomic E-state index is 12.8. The summed E-state index contributed by atoms with van der Waals surface area (Å²) in [6, 6.07) is 16.0. The van der Waals surface area contributed by atoms with Crippen molar-refractivity contribution in [3.8, 4) is 11.5 Å².